The summed E-state index contributed by atoms with van der Waals surface area (Å²) in [7, 11) is 1.56. The lowest BCUT2D eigenvalue weighted by atomic mass is 10.3. The van der Waals surface area contributed by atoms with Crippen LogP contribution in [-0.4, -0.2) is 49.5 Å². The van der Waals surface area contributed by atoms with Crippen molar-refractivity contribution in [3.63, 3.8) is 0 Å². The number of hydrogen-bond donors (Lipinski definition) is 1. The van der Waals surface area contributed by atoms with E-state index in [0.717, 1.165) is 3.79 Å². The van der Waals surface area contributed by atoms with Gasteiger partial charge in [0.1, 0.15) is 5.75 Å². The van der Waals surface area contributed by atoms with Crippen molar-refractivity contribution in [3.05, 3.63) is 45.1 Å². The molecular formula is C18H19BrN2O5S. The molecule has 0 saturated heterocycles. The van der Waals surface area contributed by atoms with Crippen LogP contribution < -0.4 is 10.1 Å². The van der Waals surface area contributed by atoms with E-state index >= 15 is 0 Å². The lowest BCUT2D eigenvalue weighted by Gasteiger charge is -2.16. The van der Waals surface area contributed by atoms with Crippen LogP contribution in [0.4, 0.5) is 5.69 Å². The molecule has 2 rings (SSSR count). The van der Waals surface area contributed by atoms with E-state index in [1.807, 2.05) is 0 Å². The monoisotopic (exact) mass is 454 g/mol. The molecule has 2 amide bonds. The fourth-order valence-corrected chi connectivity index (χ4v) is 3.49. The molecule has 1 aromatic carbocycles. The first-order chi connectivity index (χ1) is 12.9. The number of nitrogens with zero attached hydrogens (tertiary/aromatic N) is 1. The highest BCUT2D eigenvalue weighted by Crippen LogP contribution is 2.23. The molecule has 0 aliphatic carbocycles. The third kappa shape index (κ3) is 6.69. The minimum absolute atomic E-state index is 0.0950. The molecule has 9 heteroatoms. The Morgan fingerprint density at radius 1 is 1.22 bits per heavy atom. The molecule has 144 valence electrons. The fourth-order valence-electron chi connectivity index (χ4n) is 2.11. The highest BCUT2D eigenvalue weighted by atomic mass is 79.9. The van der Waals surface area contributed by atoms with E-state index < -0.39 is 5.97 Å². The molecule has 0 radical (unpaired) electrons. The topological polar surface area (TPSA) is 84.9 Å². The van der Waals surface area contributed by atoms with E-state index in [1.54, 1.807) is 50.4 Å². The molecule has 7 nitrogen and oxygen atoms in total. The number of likely N-dealkylation sites (N-methyl/N-ethyl adjacent to an activating group) is 1. The molecule has 0 spiro atoms. The number of ether oxygens (including phenoxy) is 2. The number of anilines is 1. The van der Waals surface area contributed by atoms with E-state index in [0.29, 0.717) is 16.3 Å². The lowest BCUT2D eigenvalue weighted by Crippen LogP contribution is -2.34. The van der Waals surface area contributed by atoms with Gasteiger partial charge in [0.25, 0.3) is 5.91 Å². The van der Waals surface area contributed by atoms with Crippen molar-refractivity contribution < 1.29 is 23.9 Å². The summed E-state index contributed by atoms with van der Waals surface area (Å²) in [5, 5.41) is 2.70. The van der Waals surface area contributed by atoms with E-state index in [4.69, 9.17) is 9.47 Å². The number of esters is 1. The molecule has 0 unspecified atom stereocenters. The van der Waals surface area contributed by atoms with Crippen LogP contribution in [0.25, 0.3) is 0 Å². The number of carbonyl (C=O) groups excluding carboxylic acids is 3. The van der Waals surface area contributed by atoms with Gasteiger partial charge in [-0.05, 0) is 47.1 Å². The molecular weight excluding hydrogens is 436 g/mol. The Hall–Kier alpha value is -2.39. The number of benzene rings is 1. The molecule has 1 aromatic heterocycles. The Balaban J connectivity index is 1.88. The van der Waals surface area contributed by atoms with E-state index in [9.17, 15) is 14.4 Å². The molecule has 27 heavy (non-hydrogen) atoms. The van der Waals surface area contributed by atoms with Gasteiger partial charge in [-0.3, -0.25) is 9.59 Å². The Kier molecular flexibility index (Phi) is 7.81. The van der Waals surface area contributed by atoms with Gasteiger partial charge in [0.15, 0.2) is 6.61 Å². The van der Waals surface area contributed by atoms with Crippen LogP contribution in [0.2, 0.25) is 0 Å². The van der Waals surface area contributed by atoms with Crippen LogP contribution in [-0.2, 0) is 14.3 Å². The molecule has 0 atom stereocenters. The normalized spacial score (nSPS) is 10.2. The van der Waals surface area contributed by atoms with Gasteiger partial charge in [-0.15, -0.1) is 11.3 Å². The number of carbonyl (C=O) groups is 3. The van der Waals surface area contributed by atoms with Crippen LogP contribution in [0.15, 0.2) is 40.2 Å². The van der Waals surface area contributed by atoms with Crippen molar-refractivity contribution in [1.82, 2.24) is 4.90 Å². The van der Waals surface area contributed by atoms with Gasteiger partial charge < -0.3 is 19.7 Å². The molecule has 2 aromatic rings. The first kappa shape index (κ1) is 20.9. The second-order valence-corrected chi connectivity index (χ2v) is 7.90. The van der Waals surface area contributed by atoms with Gasteiger partial charge in [-0.25, -0.2) is 4.79 Å². The van der Waals surface area contributed by atoms with Crippen molar-refractivity contribution >= 4 is 50.7 Å². The van der Waals surface area contributed by atoms with Gasteiger partial charge in [0, 0.05) is 18.8 Å². The molecule has 0 fully saturated rings. The maximum absolute atomic E-state index is 12.3. The molecule has 0 aliphatic heterocycles. The first-order valence-corrected chi connectivity index (χ1v) is 9.69. The summed E-state index contributed by atoms with van der Waals surface area (Å²) in [5.74, 6) is -0.614. The summed E-state index contributed by atoms with van der Waals surface area (Å²) >= 11 is 4.62. The Morgan fingerprint density at radius 3 is 2.67 bits per heavy atom. The zero-order valence-corrected chi connectivity index (χ0v) is 17.3. The Morgan fingerprint density at radius 2 is 2.00 bits per heavy atom. The Labute approximate surface area is 169 Å². The smallest absolute Gasteiger partial charge is 0.344 e. The number of amides is 2. The van der Waals surface area contributed by atoms with Gasteiger partial charge >= 0.3 is 5.97 Å². The number of hydrogen-bond acceptors (Lipinski definition) is 6. The first-order valence-electron chi connectivity index (χ1n) is 8.08. The van der Waals surface area contributed by atoms with Crippen molar-refractivity contribution in [2.45, 2.75) is 6.92 Å². The van der Waals surface area contributed by atoms with Gasteiger partial charge in [-0.2, -0.15) is 0 Å². The summed E-state index contributed by atoms with van der Waals surface area (Å²) in [6.45, 7) is 1.70. The zero-order chi connectivity index (χ0) is 19.8. The fraction of sp³-hybridized carbons (Fsp3) is 0.278. The van der Waals surface area contributed by atoms with Crippen molar-refractivity contribution in [2.75, 3.05) is 32.1 Å². The number of nitrogens with one attached hydrogen (secondary N) is 1. The second-order valence-electron chi connectivity index (χ2n) is 5.43. The molecule has 0 bridgehead atoms. The van der Waals surface area contributed by atoms with E-state index in [2.05, 4.69) is 21.2 Å². The van der Waals surface area contributed by atoms with Crippen LogP contribution in [0, 0.1) is 0 Å². The summed E-state index contributed by atoms with van der Waals surface area (Å²) in [6, 6.07) is 10.1. The summed E-state index contributed by atoms with van der Waals surface area (Å²) in [6.07, 6.45) is 0. The maximum atomic E-state index is 12.3. The van der Waals surface area contributed by atoms with Gasteiger partial charge in [0.05, 0.1) is 21.8 Å². The standard InChI is InChI=1S/C18H19BrN2O5S/c1-3-25-17(23)11-26-13-6-4-5-12(9-13)20-16(22)10-21(2)18(24)14-7-8-15(19)27-14/h4-9H,3,10-11H2,1-2H3,(H,20,22). The predicted molar refractivity (Wildman–Crippen MR) is 106 cm³/mol. The van der Waals surface area contributed by atoms with Gasteiger partial charge in [-0.1, -0.05) is 6.07 Å². The van der Waals surface area contributed by atoms with Crippen LogP contribution in [0.3, 0.4) is 0 Å². The minimum atomic E-state index is -0.465. The predicted octanol–water partition coefficient (Wildman–Crippen LogP) is 3.16. The summed E-state index contributed by atoms with van der Waals surface area (Å²) < 4.78 is 11.0. The highest BCUT2D eigenvalue weighted by Gasteiger charge is 2.17. The highest BCUT2D eigenvalue weighted by molar-refractivity contribution is 9.11. The number of rotatable bonds is 8. The van der Waals surface area contributed by atoms with Crippen molar-refractivity contribution in [2.24, 2.45) is 0 Å². The average Bonchev–Trinajstić information content (AvgIpc) is 3.06. The van der Waals surface area contributed by atoms with E-state index in [-0.39, 0.29) is 31.6 Å². The minimum Gasteiger partial charge on any atom is -0.482 e. The van der Waals surface area contributed by atoms with Crippen molar-refractivity contribution in [3.8, 4) is 5.75 Å². The summed E-state index contributed by atoms with van der Waals surface area (Å²) in [4.78, 5) is 37.7. The SMILES string of the molecule is CCOC(=O)COc1cccc(NC(=O)CN(C)C(=O)c2ccc(Br)s2)c1. The summed E-state index contributed by atoms with van der Waals surface area (Å²) in [5.41, 5.74) is 0.501. The average molecular weight is 455 g/mol. The van der Waals surface area contributed by atoms with E-state index in [1.165, 1.54) is 16.2 Å². The number of thiophene rings is 1. The second kappa shape index (κ2) is 10.1. The third-order valence-corrected chi connectivity index (χ3v) is 4.90. The molecule has 1 N–H and O–H groups in total. The largest absolute Gasteiger partial charge is 0.482 e. The van der Waals surface area contributed by atoms with Crippen LogP contribution in [0.5, 0.6) is 5.75 Å². The third-order valence-electron chi connectivity index (χ3n) is 3.29. The molecule has 0 aliphatic rings. The lowest BCUT2D eigenvalue weighted by molar-refractivity contribution is -0.145. The molecule has 0 saturated carbocycles. The van der Waals surface area contributed by atoms with Crippen LogP contribution in [0.1, 0.15) is 16.6 Å². The molecule has 1 heterocycles. The zero-order valence-electron chi connectivity index (χ0n) is 14.9. The quantitative estimate of drug-likeness (QED) is 0.619. The van der Waals surface area contributed by atoms with Crippen molar-refractivity contribution in [1.29, 1.82) is 0 Å². The maximum Gasteiger partial charge on any atom is 0.344 e. The number of halogens is 1. The Bertz CT molecular complexity index is 824. The van der Waals surface area contributed by atoms with Crippen LogP contribution >= 0.6 is 27.3 Å². The van der Waals surface area contributed by atoms with Gasteiger partial charge in [0.2, 0.25) is 5.91 Å².